The predicted molar refractivity (Wildman–Crippen MR) is 124 cm³/mol. The Morgan fingerprint density at radius 1 is 1.09 bits per heavy atom. The molecule has 1 amide bonds. The molecule has 0 aliphatic rings. The molecule has 0 spiro atoms. The number of amides is 1. The van der Waals surface area contributed by atoms with Gasteiger partial charge in [-0.3, -0.25) is 9.35 Å². The van der Waals surface area contributed by atoms with Crippen molar-refractivity contribution in [3.63, 3.8) is 0 Å². The van der Waals surface area contributed by atoms with Crippen molar-refractivity contribution in [2.24, 2.45) is 11.7 Å². The van der Waals surface area contributed by atoms with Crippen LogP contribution in [0, 0.1) is 19.8 Å². The van der Waals surface area contributed by atoms with E-state index >= 15 is 0 Å². The molecule has 1 heterocycles. The molecular weight excluding hydrogens is 432 g/mol. The lowest BCUT2D eigenvalue weighted by atomic mass is 10.0. The Kier molecular flexibility index (Phi) is 8.31. The van der Waals surface area contributed by atoms with Crippen LogP contribution in [-0.2, 0) is 14.9 Å². The molecule has 0 fully saturated rings. The maximum atomic E-state index is 12.0. The van der Waals surface area contributed by atoms with Crippen LogP contribution >= 0.6 is 0 Å². The van der Waals surface area contributed by atoms with Crippen molar-refractivity contribution in [3.05, 3.63) is 70.1 Å². The van der Waals surface area contributed by atoms with Crippen molar-refractivity contribution in [3.8, 4) is 0 Å². The molecule has 9 heteroatoms. The highest BCUT2D eigenvalue weighted by atomic mass is 32.2. The van der Waals surface area contributed by atoms with Gasteiger partial charge < -0.3 is 15.5 Å². The van der Waals surface area contributed by atoms with E-state index in [4.69, 9.17) is 14.7 Å². The van der Waals surface area contributed by atoms with Crippen molar-refractivity contribution in [2.45, 2.75) is 45.1 Å². The second-order valence-electron chi connectivity index (χ2n) is 7.97. The summed E-state index contributed by atoms with van der Waals surface area (Å²) in [6.07, 6.45) is 0.619. The highest BCUT2D eigenvalue weighted by Gasteiger charge is 2.15. The quantitative estimate of drug-likeness (QED) is 0.390. The molecule has 4 N–H and O–H groups in total. The van der Waals surface area contributed by atoms with Crippen LogP contribution in [0.25, 0.3) is 11.0 Å². The van der Waals surface area contributed by atoms with Gasteiger partial charge in [-0.1, -0.05) is 31.5 Å². The molecule has 0 aliphatic carbocycles. The Morgan fingerprint density at radius 3 is 2.28 bits per heavy atom. The number of fused-ring (bicyclic) bond motifs is 1. The smallest absolute Gasteiger partial charge is 0.336 e. The minimum absolute atomic E-state index is 0.0666. The Balaban J connectivity index is 0.000000278. The van der Waals surface area contributed by atoms with Crippen LogP contribution in [0.5, 0.6) is 0 Å². The fraction of sp³-hybridized carbons (Fsp3) is 0.304. The average molecular weight is 461 g/mol. The fourth-order valence-electron chi connectivity index (χ4n) is 2.96. The summed E-state index contributed by atoms with van der Waals surface area (Å²) < 4.78 is 34.7. The van der Waals surface area contributed by atoms with E-state index in [0.29, 0.717) is 23.6 Å². The number of rotatable bonds is 5. The highest BCUT2D eigenvalue weighted by Crippen LogP contribution is 2.21. The Bertz CT molecular complexity index is 1250. The second kappa shape index (κ2) is 10.5. The molecule has 0 saturated heterocycles. The lowest BCUT2D eigenvalue weighted by molar-refractivity contribution is -0.117. The number of carbonyl (C=O) groups is 1. The third-order valence-electron chi connectivity index (χ3n) is 4.60. The van der Waals surface area contributed by atoms with Gasteiger partial charge in [0.1, 0.15) is 5.58 Å². The summed E-state index contributed by atoms with van der Waals surface area (Å²) in [4.78, 5) is 23.3. The zero-order valence-corrected chi connectivity index (χ0v) is 19.3. The fourth-order valence-corrected chi connectivity index (χ4v) is 3.44. The molecule has 1 atom stereocenters. The third-order valence-corrected chi connectivity index (χ3v) is 5.47. The van der Waals surface area contributed by atoms with Gasteiger partial charge in [0.2, 0.25) is 5.91 Å². The van der Waals surface area contributed by atoms with Gasteiger partial charge in [-0.2, -0.15) is 8.42 Å². The van der Waals surface area contributed by atoms with Crippen LogP contribution in [0.2, 0.25) is 0 Å². The van der Waals surface area contributed by atoms with Crippen LogP contribution in [0.3, 0.4) is 0 Å². The molecule has 0 saturated carbocycles. The van der Waals surface area contributed by atoms with E-state index < -0.39 is 21.8 Å². The van der Waals surface area contributed by atoms with Crippen molar-refractivity contribution in [2.75, 3.05) is 5.32 Å². The van der Waals surface area contributed by atoms with Crippen LogP contribution < -0.4 is 16.7 Å². The van der Waals surface area contributed by atoms with Gasteiger partial charge >= 0.3 is 5.63 Å². The van der Waals surface area contributed by atoms with E-state index in [1.807, 2.05) is 33.8 Å². The predicted octanol–water partition coefficient (Wildman–Crippen LogP) is 3.66. The SMILES string of the molecule is Cc1cc(=O)oc2cc(NC(=O)[C@@H](N)CC(C)C)ccc12.Cc1ccc(S(=O)(=O)O)cc1. The first-order chi connectivity index (χ1) is 14.9. The van der Waals surface area contributed by atoms with E-state index in [1.165, 1.54) is 18.2 Å². The van der Waals surface area contributed by atoms with Crippen LogP contribution in [0.15, 0.2) is 62.6 Å². The number of carbonyl (C=O) groups excluding carboxylic acids is 1. The van der Waals surface area contributed by atoms with Gasteiger partial charge in [-0.15, -0.1) is 0 Å². The first kappa shape index (κ1) is 25.3. The van der Waals surface area contributed by atoms with Gasteiger partial charge in [-0.25, -0.2) is 4.79 Å². The number of hydrogen-bond donors (Lipinski definition) is 3. The van der Waals surface area contributed by atoms with Gasteiger partial charge in [0.15, 0.2) is 0 Å². The summed E-state index contributed by atoms with van der Waals surface area (Å²) in [6, 6.07) is 12.1. The number of aryl methyl sites for hydroxylation is 2. The summed E-state index contributed by atoms with van der Waals surface area (Å²) in [5, 5.41) is 3.60. The number of nitrogens with one attached hydrogen (secondary N) is 1. The number of benzene rings is 2. The largest absolute Gasteiger partial charge is 0.423 e. The first-order valence-corrected chi connectivity index (χ1v) is 11.5. The number of nitrogens with two attached hydrogens (primary N) is 1. The van der Waals surface area contributed by atoms with E-state index in [2.05, 4.69) is 5.32 Å². The minimum atomic E-state index is -4.02. The molecule has 8 nitrogen and oxygen atoms in total. The minimum Gasteiger partial charge on any atom is -0.423 e. The molecule has 0 unspecified atom stereocenters. The van der Waals surface area contributed by atoms with Crippen LogP contribution in [0.1, 0.15) is 31.4 Å². The number of hydrogen-bond acceptors (Lipinski definition) is 6. The molecule has 0 bridgehead atoms. The molecule has 32 heavy (non-hydrogen) atoms. The van der Waals surface area contributed by atoms with Gasteiger partial charge in [0, 0.05) is 23.2 Å². The van der Waals surface area contributed by atoms with E-state index in [1.54, 1.807) is 24.3 Å². The van der Waals surface area contributed by atoms with Crippen molar-refractivity contribution < 1.29 is 22.2 Å². The maximum Gasteiger partial charge on any atom is 0.336 e. The van der Waals surface area contributed by atoms with Gasteiger partial charge in [-0.05, 0) is 56.0 Å². The molecule has 0 aliphatic heterocycles. The summed E-state index contributed by atoms with van der Waals surface area (Å²) >= 11 is 0. The molecule has 3 aromatic rings. The molecular formula is C23H28N2O6S. The first-order valence-electron chi connectivity index (χ1n) is 10.0. The zero-order valence-electron chi connectivity index (χ0n) is 18.5. The Labute approximate surface area is 187 Å². The topological polar surface area (TPSA) is 140 Å². The summed E-state index contributed by atoms with van der Waals surface area (Å²) in [6.45, 7) is 7.71. The number of anilines is 1. The summed E-state index contributed by atoms with van der Waals surface area (Å²) in [5.41, 5.74) is 8.26. The Hall–Kier alpha value is -3.01. The van der Waals surface area contributed by atoms with Gasteiger partial charge in [0.25, 0.3) is 10.1 Å². The average Bonchev–Trinajstić information content (AvgIpc) is 2.67. The normalized spacial score (nSPS) is 12.2. The molecule has 172 valence electrons. The van der Waals surface area contributed by atoms with Crippen molar-refractivity contribution in [1.29, 1.82) is 0 Å². The maximum absolute atomic E-state index is 12.0. The standard InChI is InChI=1S/C16H20N2O3.C7H8O3S/c1-9(2)6-13(17)16(20)18-11-4-5-12-10(3)7-15(19)21-14(12)8-11;1-6-2-4-7(5-3-6)11(8,9)10/h4-5,7-9,13H,6,17H2,1-3H3,(H,18,20);2-5H,1H3,(H,8,9,10)/t13-;/m0./s1. The summed E-state index contributed by atoms with van der Waals surface area (Å²) in [5.74, 6) is 0.112. The molecule has 1 aromatic heterocycles. The molecule has 0 radical (unpaired) electrons. The van der Waals surface area contributed by atoms with Crippen molar-refractivity contribution in [1.82, 2.24) is 0 Å². The van der Waals surface area contributed by atoms with Crippen LogP contribution in [-0.4, -0.2) is 24.9 Å². The van der Waals surface area contributed by atoms with E-state index in [-0.39, 0.29) is 10.8 Å². The zero-order chi connectivity index (χ0) is 24.1. The van der Waals surface area contributed by atoms with Gasteiger partial charge in [0.05, 0.1) is 10.9 Å². The molecule has 2 aromatic carbocycles. The summed E-state index contributed by atoms with van der Waals surface area (Å²) in [7, 11) is -4.02. The van der Waals surface area contributed by atoms with Crippen LogP contribution in [0.4, 0.5) is 5.69 Å². The lowest BCUT2D eigenvalue weighted by Crippen LogP contribution is -2.36. The Morgan fingerprint density at radius 2 is 1.72 bits per heavy atom. The van der Waals surface area contributed by atoms with E-state index in [9.17, 15) is 18.0 Å². The monoisotopic (exact) mass is 460 g/mol. The lowest BCUT2D eigenvalue weighted by Gasteiger charge is -2.14. The highest BCUT2D eigenvalue weighted by molar-refractivity contribution is 7.85. The second-order valence-corrected chi connectivity index (χ2v) is 9.39. The van der Waals surface area contributed by atoms with Crippen molar-refractivity contribution >= 4 is 32.7 Å². The molecule has 3 rings (SSSR count). The van der Waals surface area contributed by atoms with E-state index in [0.717, 1.165) is 16.5 Å². The third kappa shape index (κ3) is 7.30.